The second-order valence-electron chi connectivity index (χ2n) is 5.86. The number of piperazine rings is 1. The number of nitrogens with one attached hydrogen (secondary N) is 1. The van der Waals surface area contributed by atoms with Crippen LogP contribution in [-0.2, 0) is 0 Å². The number of aryl methyl sites for hydroxylation is 1. The van der Waals surface area contributed by atoms with Crippen molar-refractivity contribution < 1.29 is 0 Å². The van der Waals surface area contributed by atoms with Crippen LogP contribution >= 0.6 is 0 Å². The lowest BCUT2D eigenvalue weighted by Gasteiger charge is -2.41. The highest BCUT2D eigenvalue weighted by atomic mass is 15.3. The van der Waals surface area contributed by atoms with E-state index in [0.29, 0.717) is 0 Å². The topological polar surface area (TPSA) is 18.5 Å². The van der Waals surface area contributed by atoms with Crippen LogP contribution in [0, 0.1) is 6.92 Å². The van der Waals surface area contributed by atoms with Crippen molar-refractivity contribution in [1.82, 2.24) is 10.2 Å². The van der Waals surface area contributed by atoms with E-state index in [1.54, 1.807) is 0 Å². The monoisotopic (exact) mass is 259 g/mol. The fraction of sp³-hybridized carbons (Fsp3) is 0.625. The molecular weight excluding hydrogens is 234 g/mol. The highest BCUT2D eigenvalue weighted by Crippen LogP contribution is 2.19. The average Bonchev–Trinajstić information content (AvgIpc) is 2.48. The molecule has 2 aliphatic rings. The Hall–Kier alpha value is -1.06. The van der Waals surface area contributed by atoms with Gasteiger partial charge in [0, 0.05) is 44.5 Å². The highest BCUT2D eigenvalue weighted by molar-refractivity contribution is 5.48. The molecule has 1 atom stereocenters. The number of rotatable bonds is 2. The van der Waals surface area contributed by atoms with Crippen LogP contribution < -0.4 is 10.2 Å². The van der Waals surface area contributed by atoms with Crippen LogP contribution in [-0.4, -0.2) is 50.2 Å². The zero-order valence-corrected chi connectivity index (χ0v) is 11.9. The predicted molar refractivity (Wildman–Crippen MR) is 80.9 cm³/mol. The molecule has 0 bridgehead atoms. The van der Waals surface area contributed by atoms with E-state index in [1.165, 1.54) is 63.4 Å². The lowest BCUT2D eigenvalue weighted by Crippen LogP contribution is -2.54. The van der Waals surface area contributed by atoms with Gasteiger partial charge >= 0.3 is 0 Å². The SMILES string of the molecule is Cc1cccc(N2CCN(C3CCCNC3)CC2)c1. The minimum atomic E-state index is 0.772. The van der Waals surface area contributed by atoms with Gasteiger partial charge in [-0.25, -0.2) is 0 Å². The van der Waals surface area contributed by atoms with E-state index in [0.717, 1.165) is 6.04 Å². The van der Waals surface area contributed by atoms with Crippen LogP contribution in [0.1, 0.15) is 18.4 Å². The third-order valence-corrected chi connectivity index (χ3v) is 4.47. The van der Waals surface area contributed by atoms with Gasteiger partial charge in [0.15, 0.2) is 0 Å². The molecule has 0 amide bonds. The smallest absolute Gasteiger partial charge is 0.0369 e. The third kappa shape index (κ3) is 3.10. The van der Waals surface area contributed by atoms with Crippen molar-refractivity contribution in [3.8, 4) is 0 Å². The average molecular weight is 259 g/mol. The summed E-state index contributed by atoms with van der Waals surface area (Å²) in [6.07, 6.45) is 2.71. The number of hydrogen-bond donors (Lipinski definition) is 1. The number of piperidine rings is 1. The zero-order valence-electron chi connectivity index (χ0n) is 11.9. The van der Waals surface area contributed by atoms with Crippen molar-refractivity contribution in [3.05, 3.63) is 29.8 Å². The molecule has 0 aromatic heterocycles. The Balaban J connectivity index is 1.57. The summed E-state index contributed by atoms with van der Waals surface area (Å²) in [6, 6.07) is 9.66. The Kier molecular flexibility index (Phi) is 4.04. The van der Waals surface area contributed by atoms with Crippen molar-refractivity contribution in [2.45, 2.75) is 25.8 Å². The Bertz CT molecular complexity index is 404. The van der Waals surface area contributed by atoms with Gasteiger partial charge in [0.05, 0.1) is 0 Å². The molecule has 0 radical (unpaired) electrons. The Labute approximate surface area is 116 Å². The molecule has 104 valence electrons. The fourth-order valence-corrected chi connectivity index (χ4v) is 3.32. The summed E-state index contributed by atoms with van der Waals surface area (Å²) < 4.78 is 0. The van der Waals surface area contributed by atoms with Gasteiger partial charge < -0.3 is 10.2 Å². The summed E-state index contributed by atoms with van der Waals surface area (Å²) in [5, 5.41) is 3.53. The van der Waals surface area contributed by atoms with Gasteiger partial charge in [-0.3, -0.25) is 4.90 Å². The molecule has 2 aliphatic heterocycles. The molecule has 2 saturated heterocycles. The second-order valence-corrected chi connectivity index (χ2v) is 5.86. The molecular formula is C16H25N3. The molecule has 3 rings (SSSR count). The molecule has 1 N–H and O–H groups in total. The summed E-state index contributed by atoms with van der Waals surface area (Å²) in [6.45, 7) is 9.32. The molecule has 1 unspecified atom stereocenters. The van der Waals surface area contributed by atoms with Gasteiger partial charge in [0.2, 0.25) is 0 Å². The van der Waals surface area contributed by atoms with Crippen molar-refractivity contribution in [2.75, 3.05) is 44.2 Å². The summed E-state index contributed by atoms with van der Waals surface area (Å²) in [4.78, 5) is 5.21. The van der Waals surface area contributed by atoms with Crippen LogP contribution in [0.5, 0.6) is 0 Å². The van der Waals surface area contributed by atoms with Gasteiger partial charge in [-0.05, 0) is 44.0 Å². The zero-order chi connectivity index (χ0) is 13.1. The normalized spacial score (nSPS) is 25.5. The summed E-state index contributed by atoms with van der Waals surface area (Å²) in [5.41, 5.74) is 2.75. The molecule has 2 heterocycles. The van der Waals surface area contributed by atoms with Crippen LogP contribution in [0.2, 0.25) is 0 Å². The van der Waals surface area contributed by atoms with E-state index in [-0.39, 0.29) is 0 Å². The standard InChI is InChI=1S/C16H25N3/c1-14-4-2-5-15(12-14)18-8-10-19(11-9-18)16-6-3-7-17-13-16/h2,4-5,12,16-17H,3,6-11,13H2,1H3. The molecule has 1 aromatic carbocycles. The predicted octanol–water partition coefficient (Wildman–Crippen LogP) is 1.87. The van der Waals surface area contributed by atoms with Crippen molar-refractivity contribution in [2.24, 2.45) is 0 Å². The largest absolute Gasteiger partial charge is 0.369 e. The number of anilines is 1. The lowest BCUT2D eigenvalue weighted by molar-refractivity contribution is 0.157. The first-order valence-electron chi connectivity index (χ1n) is 7.59. The van der Waals surface area contributed by atoms with Gasteiger partial charge in [-0.1, -0.05) is 12.1 Å². The van der Waals surface area contributed by atoms with E-state index < -0.39 is 0 Å². The van der Waals surface area contributed by atoms with Crippen molar-refractivity contribution in [1.29, 1.82) is 0 Å². The summed E-state index contributed by atoms with van der Waals surface area (Å²) in [5.74, 6) is 0. The first-order valence-corrected chi connectivity index (χ1v) is 7.59. The maximum absolute atomic E-state index is 3.53. The fourth-order valence-electron chi connectivity index (χ4n) is 3.32. The van der Waals surface area contributed by atoms with Crippen molar-refractivity contribution in [3.63, 3.8) is 0 Å². The van der Waals surface area contributed by atoms with Gasteiger partial charge in [-0.2, -0.15) is 0 Å². The van der Waals surface area contributed by atoms with E-state index in [9.17, 15) is 0 Å². The molecule has 19 heavy (non-hydrogen) atoms. The van der Waals surface area contributed by atoms with E-state index in [1.807, 2.05) is 0 Å². The Morgan fingerprint density at radius 3 is 2.68 bits per heavy atom. The van der Waals surface area contributed by atoms with Gasteiger partial charge in [0.1, 0.15) is 0 Å². The molecule has 0 spiro atoms. The first kappa shape index (κ1) is 12.9. The highest BCUT2D eigenvalue weighted by Gasteiger charge is 2.24. The third-order valence-electron chi connectivity index (χ3n) is 4.47. The van der Waals surface area contributed by atoms with Crippen LogP contribution in [0.3, 0.4) is 0 Å². The summed E-state index contributed by atoms with van der Waals surface area (Å²) >= 11 is 0. The molecule has 2 fully saturated rings. The number of benzene rings is 1. The van der Waals surface area contributed by atoms with Gasteiger partial charge in [-0.15, -0.1) is 0 Å². The second kappa shape index (κ2) is 5.93. The minimum Gasteiger partial charge on any atom is -0.369 e. The van der Waals surface area contributed by atoms with Crippen LogP contribution in [0.25, 0.3) is 0 Å². The Morgan fingerprint density at radius 2 is 2.00 bits per heavy atom. The molecule has 3 heteroatoms. The maximum atomic E-state index is 3.53. The van der Waals surface area contributed by atoms with Crippen LogP contribution in [0.15, 0.2) is 24.3 Å². The minimum absolute atomic E-state index is 0.772. The summed E-state index contributed by atoms with van der Waals surface area (Å²) in [7, 11) is 0. The molecule has 3 nitrogen and oxygen atoms in total. The van der Waals surface area contributed by atoms with Gasteiger partial charge in [0.25, 0.3) is 0 Å². The Morgan fingerprint density at radius 1 is 1.16 bits per heavy atom. The number of nitrogens with zero attached hydrogens (tertiary/aromatic N) is 2. The number of hydrogen-bond acceptors (Lipinski definition) is 3. The quantitative estimate of drug-likeness (QED) is 0.875. The van der Waals surface area contributed by atoms with Crippen LogP contribution in [0.4, 0.5) is 5.69 Å². The first-order chi connectivity index (χ1) is 9.33. The maximum Gasteiger partial charge on any atom is 0.0369 e. The molecule has 1 aromatic rings. The van der Waals surface area contributed by atoms with E-state index in [2.05, 4.69) is 46.3 Å². The molecule has 0 saturated carbocycles. The van der Waals surface area contributed by atoms with E-state index in [4.69, 9.17) is 0 Å². The van der Waals surface area contributed by atoms with Crippen molar-refractivity contribution >= 4 is 5.69 Å². The van der Waals surface area contributed by atoms with E-state index >= 15 is 0 Å². The molecule has 0 aliphatic carbocycles. The lowest BCUT2D eigenvalue weighted by atomic mass is 10.0.